The van der Waals surface area contributed by atoms with Crippen LogP contribution in [-0.4, -0.2) is 18.1 Å². The molecule has 0 unspecified atom stereocenters. The number of aromatic nitrogens is 1. The number of hydrogen-bond donors (Lipinski definition) is 1. The summed E-state index contributed by atoms with van der Waals surface area (Å²) in [6.45, 7) is 0. The molecular formula is C10H8ClF3N2O2. The Morgan fingerprint density at radius 2 is 2.17 bits per heavy atom. The lowest BCUT2D eigenvalue weighted by molar-refractivity contribution is -0.138. The molecule has 1 rings (SSSR count). The summed E-state index contributed by atoms with van der Waals surface area (Å²) in [6, 6.07) is 0.682. The molecule has 1 heterocycles. The van der Waals surface area contributed by atoms with E-state index in [-0.39, 0.29) is 16.4 Å². The summed E-state index contributed by atoms with van der Waals surface area (Å²) < 4.78 is 41.4. The second-order valence-electron chi connectivity index (χ2n) is 3.18. The number of ether oxygens (including phenoxy) is 1. The molecule has 0 fully saturated rings. The Kier molecular flexibility index (Phi) is 4.18. The van der Waals surface area contributed by atoms with E-state index in [0.717, 1.165) is 13.2 Å². The van der Waals surface area contributed by atoms with E-state index in [0.29, 0.717) is 12.3 Å². The van der Waals surface area contributed by atoms with Crippen molar-refractivity contribution in [2.75, 3.05) is 7.11 Å². The predicted molar refractivity (Wildman–Crippen MR) is 58.4 cm³/mol. The maximum atomic E-state index is 12.3. The molecular weight excluding hydrogens is 273 g/mol. The molecule has 0 saturated heterocycles. The molecule has 18 heavy (non-hydrogen) atoms. The van der Waals surface area contributed by atoms with Crippen LogP contribution in [-0.2, 0) is 15.7 Å². The topological polar surface area (TPSA) is 65.2 Å². The molecule has 4 nitrogen and oxygen atoms in total. The molecule has 1 aromatic rings. The van der Waals surface area contributed by atoms with Crippen molar-refractivity contribution in [3.63, 3.8) is 0 Å². The highest BCUT2D eigenvalue weighted by molar-refractivity contribution is 6.32. The van der Waals surface area contributed by atoms with Gasteiger partial charge in [-0.3, -0.25) is 4.98 Å². The lowest BCUT2D eigenvalue weighted by Crippen LogP contribution is -2.09. The fraction of sp³-hybridized carbons (Fsp3) is 0.200. The van der Waals surface area contributed by atoms with Crippen LogP contribution in [0.15, 0.2) is 18.3 Å². The van der Waals surface area contributed by atoms with Gasteiger partial charge in [0.15, 0.2) is 0 Å². The highest BCUT2D eigenvalue weighted by Gasteiger charge is 2.31. The van der Waals surface area contributed by atoms with Gasteiger partial charge in [0.25, 0.3) is 0 Å². The largest absolute Gasteiger partial charge is 0.466 e. The third kappa shape index (κ3) is 3.36. The summed E-state index contributed by atoms with van der Waals surface area (Å²) in [5.41, 5.74) is 4.17. The SMILES string of the molecule is COC(=O)/C=C(\N)c1ncc(C(F)(F)F)cc1Cl. The van der Waals surface area contributed by atoms with Crippen molar-refractivity contribution in [3.8, 4) is 0 Å². The first-order chi connectivity index (χ1) is 8.25. The van der Waals surface area contributed by atoms with Gasteiger partial charge >= 0.3 is 12.1 Å². The fourth-order valence-electron chi connectivity index (χ4n) is 1.06. The predicted octanol–water partition coefficient (Wildman–Crippen LogP) is 2.23. The number of methoxy groups -OCH3 is 1. The third-order valence-corrected chi connectivity index (χ3v) is 2.20. The molecule has 98 valence electrons. The zero-order chi connectivity index (χ0) is 13.9. The van der Waals surface area contributed by atoms with Crippen molar-refractivity contribution in [3.05, 3.63) is 34.6 Å². The molecule has 2 N–H and O–H groups in total. The van der Waals surface area contributed by atoms with E-state index in [1.165, 1.54) is 0 Å². The van der Waals surface area contributed by atoms with Gasteiger partial charge in [-0.2, -0.15) is 13.2 Å². The summed E-state index contributed by atoms with van der Waals surface area (Å²) in [7, 11) is 1.13. The number of nitrogens with zero attached hydrogens (tertiary/aromatic N) is 1. The highest BCUT2D eigenvalue weighted by atomic mass is 35.5. The van der Waals surface area contributed by atoms with Gasteiger partial charge < -0.3 is 10.5 Å². The minimum absolute atomic E-state index is 0.116. The van der Waals surface area contributed by atoms with Gasteiger partial charge in [0, 0.05) is 12.3 Å². The summed E-state index contributed by atoms with van der Waals surface area (Å²) >= 11 is 5.62. The lowest BCUT2D eigenvalue weighted by atomic mass is 10.2. The molecule has 8 heteroatoms. The molecule has 0 aliphatic carbocycles. The van der Waals surface area contributed by atoms with Crippen LogP contribution in [0.4, 0.5) is 13.2 Å². The molecule has 0 bridgehead atoms. The number of halogens is 4. The number of carbonyl (C=O) groups is 1. The molecule has 0 aliphatic rings. The summed E-state index contributed by atoms with van der Waals surface area (Å²) in [5, 5.41) is -0.303. The van der Waals surface area contributed by atoms with Gasteiger partial charge in [-0.25, -0.2) is 4.79 Å². The molecule has 0 radical (unpaired) electrons. The summed E-state index contributed by atoms with van der Waals surface area (Å²) in [4.78, 5) is 14.4. The van der Waals surface area contributed by atoms with Crippen molar-refractivity contribution in [1.29, 1.82) is 0 Å². The number of pyridine rings is 1. The molecule has 0 atom stereocenters. The molecule has 0 amide bonds. The average molecular weight is 281 g/mol. The molecule has 0 saturated carbocycles. The Labute approximate surface area is 105 Å². The van der Waals surface area contributed by atoms with Gasteiger partial charge in [-0.05, 0) is 6.07 Å². The van der Waals surface area contributed by atoms with Gasteiger partial charge in [-0.15, -0.1) is 0 Å². The average Bonchev–Trinajstić information content (AvgIpc) is 2.27. The lowest BCUT2D eigenvalue weighted by Gasteiger charge is -2.09. The van der Waals surface area contributed by atoms with E-state index in [1.54, 1.807) is 0 Å². The second-order valence-corrected chi connectivity index (χ2v) is 3.58. The molecule has 1 aromatic heterocycles. The highest BCUT2D eigenvalue weighted by Crippen LogP contribution is 2.31. The number of rotatable bonds is 2. The Bertz CT molecular complexity index is 500. The minimum atomic E-state index is -4.55. The smallest absolute Gasteiger partial charge is 0.417 e. The normalized spacial score (nSPS) is 12.4. The van der Waals surface area contributed by atoms with Crippen molar-refractivity contribution < 1.29 is 22.7 Å². The minimum Gasteiger partial charge on any atom is -0.466 e. The van der Waals surface area contributed by atoms with Crippen LogP contribution in [0.25, 0.3) is 5.70 Å². The van der Waals surface area contributed by atoms with Gasteiger partial charge in [-0.1, -0.05) is 11.6 Å². The van der Waals surface area contributed by atoms with Crippen molar-refractivity contribution in [2.24, 2.45) is 5.73 Å². The van der Waals surface area contributed by atoms with E-state index in [2.05, 4.69) is 9.72 Å². The summed E-state index contributed by atoms with van der Waals surface area (Å²) in [5.74, 6) is -0.759. The van der Waals surface area contributed by atoms with Crippen LogP contribution >= 0.6 is 11.6 Å². The molecule has 0 aromatic carbocycles. The van der Waals surface area contributed by atoms with Gasteiger partial charge in [0.2, 0.25) is 0 Å². The van der Waals surface area contributed by atoms with Crippen LogP contribution in [0.2, 0.25) is 5.02 Å². The van der Waals surface area contributed by atoms with E-state index < -0.39 is 17.7 Å². The van der Waals surface area contributed by atoms with Crippen molar-refractivity contribution in [2.45, 2.75) is 6.18 Å². The first-order valence-electron chi connectivity index (χ1n) is 4.54. The Hall–Kier alpha value is -1.76. The molecule has 0 spiro atoms. The van der Waals surface area contributed by atoms with Crippen LogP contribution in [0.3, 0.4) is 0 Å². The Balaban J connectivity index is 3.14. The number of nitrogens with two attached hydrogens (primary N) is 1. The number of hydrogen-bond acceptors (Lipinski definition) is 4. The van der Waals surface area contributed by atoms with E-state index in [4.69, 9.17) is 17.3 Å². The monoisotopic (exact) mass is 280 g/mol. The quantitative estimate of drug-likeness (QED) is 0.666. The third-order valence-electron chi connectivity index (χ3n) is 1.92. The first kappa shape index (κ1) is 14.3. The zero-order valence-corrected chi connectivity index (χ0v) is 9.84. The maximum Gasteiger partial charge on any atom is 0.417 e. The van der Waals surface area contributed by atoms with Gasteiger partial charge in [0.05, 0.1) is 23.4 Å². The number of alkyl halides is 3. The second kappa shape index (κ2) is 5.26. The molecule has 0 aliphatic heterocycles. The summed E-state index contributed by atoms with van der Waals surface area (Å²) in [6.07, 6.45) is -3.09. The fourth-order valence-corrected chi connectivity index (χ4v) is 1.34. The standard InChI is InChI=1S/C10H8ClF3N2O2/c1-18-8(17)3-7(15)9-6(11)2-5(4-16-9)10(12,13)14/h2-4H,15H2,1H3/b7-3-. The van der Waals surface area contributed by atoms with Crippen LogP contribution in [0.5, 0.6) is 0 Å². The number of esters is 1. The first-order valence-corrected chi connectivity index (χ1v) is 4.91. The van der Waals surface area contributed by atoms with E-state index in [9.17, 15) is 18.0 Å². The van der Waals surface area contributed by atoms with Crippen LogP contribution in [0.1, 0.15) is 11.3 Å². The van der Waals surface area contributed by atoms with Crippen LogP contribution < -0.4 is 5.73 Å². The van der Waals surface area contributed by atoms with Crippen LogP contribution in [0, 0.1) is 0 Å². The Morgan fingerprint density at radius 3 is 2.61 bits per heavy atom. The van der Waals surface area contributed by atoms with Crippen molar-refractivity contribution in [1.82, 2.24) is 4.98 Å². The maximum absolute atomic E-state index is 12.3. The Morgan fingerprint density at radius 1 is 1.56 bits per heavy atom. The van der Waals surface area contributed by atoms with Gasteiger partial charge in [0.1, 0.15) is 5.69 Å². The van der Waals surface area contributed by atoms with E-state index >= 15 is 0 Å². The zero-order valence-electron chi connectivity index (χ0n) is 9.08. The van der Waals surface area contributed by atoms with E-state index in [1.807, 2.05) is 0 Å². The van der Waals surface area contributed by atoms with Crippen molar-refractivity contribution >= 4 is 23.3 Å². The number of carbonyl (C=O) groups excluding carboxylic acids is 1.